The first kappa shape index (κ1) is 17.5. The monoisotopic (exact) mass is 294 g/mol. The van der Waals surface area contributed by atoms with Gasteiger partial charge in [-0.2, -0.15) is 0 Å². The lowest BCUT2D eigenvalue weighted by Crippen LogP contribution is -2.42. The third-order valence-corrected chi connectivity index (χ3v) is 2.89. The number of hydrogen-bond donors (Lipinski definition) is 2. The number of ether oxygens (including phenoxy) is 1. The maximum absolute atomic E-state index is 12.1. The molecule has 1 aromatic carbocycles. The Labute approximate surface area is 126 Å². The summed E-state index contributed by atoms with van der Waals surface area (Å²) in [7, 11) is 0. The molecule has 1 amide bonds. The van der Waals surface area contributed by atoms with E-state index in [1.165, 1.54) is 0 Å². The molecule has 0 aliphatic heterocycles. The highest BCUT2D eigenvalue weighted by molar-refractivity contribution is 5.93. The van der Waals surface area contributed by atoms with Crippen LogP contribution in [-0.2, 0) is 4.79 Å². The first-order valence-corrected chi connectivity index (χ1v) is 7.32. The fourth-order valence-corrected chi connectivity index (χ4v) is 2.07. The number of hydrogen-bond acceptors (Lipinski definition) is 4. The Hall–Kier alpha value is -1.59. The molecule has 0 radical (unpaired) electrons. The summed E-state index contributed by atoms with van der Waals surface area (Å²) in [6, 6.07) is 7.36. The van der Waals surface area contributed by atoms with Crippen molar-refractivity contribution in [3.8, 4) is 5.75 Å². The van der Waals surface area contributed by atoms with Crippen molar-refractivity contribution in [1.29, 1.82) is 0 Å². The van der Waals surface area contributed by atoms with Crippen molar-refractivity contribution in [1.82, 2.24) is 4.90 Å². The van der Waals surface area contributed by atoms with Crippen LogP contribution in [0, 0.1) is 0 Å². The molecule has 0 spiro atoms. The highest BCUT2D eigenvalue weighted by atomic mass is 16.5. The van der Waals surface area contributed by atoms with Crippen molar-refractivity contribution in [3.63, 3.8) is 0 Å². The molecular formula is C16H26N2O3. The summed E-state index contributed by atoms with van der Waals surface area (Å²) in [6.07, 6.45) is 0. The number of likely N-dealkylation sites (N-methyl/N-ethyl adjacent to an activating group) is 1. The third kappa shape index (κ3) is 6.60. The van der Waals surface area contributed by atoms with Crippen molar-refractivity contribution < 1.29 is 14.6 Å². The van der Waals surface area contributed by atoms with E-state index in [1.54, 1.807) is 13.8 Å². The molecule has 5 heteroatoms. The standard InChI is InChI=1S/C16H26N2O3/c1-5-18(12-16(3,4)20)11-15(19)17-13-9-7-8-10-14(13)21-6-2/h7-10,20H,5-6,11-12H2,1-4H3,(H,17,19). The first-order valence-electron chi connectivity index (χ1n) is 7.32. The zero-order valence-corrected chi connectivity index (χ0v) is 13.3. The first-order chi connectivity index (χ1) is 9.85. The summed E-state index contributed by atoms with van der Waals surface area (Å²) in [5.74, 6) is 0.548. The SMILES string of the molecule is CCOc1ccccc1NC(=O)CN(CC)CC(C)(C)O. The lowest BCUT2D eigenvalue weighted by molar-refractivity contribution is -0.117. The normalized spacial score (nSPS) is 11.5. The van der Waals surface area contributed by atoms with Gasteiger partial charge in [0.1, 0.15) is 5.75 Å². The summed E-state index contributed by atoms with van der Waals surface area (Å²) < 4.78 is 5.48. The van der Waals surface area contributed by atoms with Gasteiger partial charge in [-0.25, -0.2) is 0 Å². The second-order valence-corrected chi connectivity index (χ2v) is 5.59. The molecule has 1 rings (SSSR count). The van der Waals surface area contributed by atoms with Crippen molar-refractivity contribution in [2.75, 3.05) is 31.6 Å². The predicted octanol–water partition coefficient (Wildman–Crippen LogP) is 2.12. The van der Waals surface area contributed by atoms with E-state index in [-0.39, 0.29) is 12.5 Å². The Morgan fingerprint density at radius 3 is 2.57 bits per heavy atom. The third-order valence-electron chi connectivity index (χ3n) is 2.89. The second kappa shape index (κ2) is 8.00. The molecule has 118 valence electrons. The van der Waals surface area contributed by atoms with Crippen LogP contribution in [0.5, 0.6) is 5.75 Å². The number of aliphatic hydroxyl groups is 1. The van der Waals surface area contributed by atoms with Crippen LogP contribution in [0.4, 0.5) is 5.69 Å². The summed E-state index contributed by atoms with van der Waals surface area (Å²) in [5, 5.41) is 12.7. The van der Waals surface area contributed by atoms with Gasteiger partial charge >= 0.3 is 0 Å². The molecule has 2 N–H and O–H groups in total. The van der Waals surface area contributed by atoms with E-state index < -0.39 is 5.60 Å². The smallest absolute Gasteiger partial charge is 0.238 e. The van der Waals surface area contributed by atoms with Gasteiger partial charge in [0.2, 0.25) is 5.91 Å². The average molecular weight is 294 g/mol. The summed E-state index contributed by atoms with van der Waals surface area (Å²) in [4.78, 5) is 14.0. The van der Waals surface area contributed by atoms with Gasteiger partial charge in [-0.1, -0.05) is 19.1 Å². The predicted molar refractivity (Wildman–Crippen MR) is 84.7 cm³/mol. The maximum atomic E-state index is 12.1. The molecule has 5 nitrogen and oxygen atoms in total. The van der Waals surface area contributed by atoms with Crippen molar-refractivity contribution in [3.05, 3.63) is 24.3 Å². The summed E-state index contributed by atoms with van der Waals surface area (Å²) >= 11 is 0. The number of carbonyl (C=O) groups excluding carboxylic acids is 1. The number of nitrogens with one attached hydrogen (secondary N) is 1. The van der Waals surface area contributed by atoms with Gasteiger partial charge in [-0.3, -0.25) is 9.69 Å². The molecule has 0 saturated carbocycles. The topological polar surface area (TPSA) is 61.8 Å². The van der Waals surface area contributed by atoms with E-state index in [0.717, 1.165) is 0 Å². The van der Waals surface area contributed by atoms with Gasteiger partial charge in [0.15, 0.2) is 0 Å². The quantitative estimate of drug-likeness (QED) is 0.771. The largest absolute Gasteiger partial charge is 0.492 e. The molecule has 0 heterocycles. The molecule has 21 heavy (non-hydrogen) atoms. The molecule has 0 saturated heterocycles. The Kier molecular flexibility index (Phi) is 6.65. The lowest BCUT2D eigenvalue weighted by Gasteiger charge is -2.27. The van der Waals surface area contributed by atoms with Crippen molar-refractivity contribution in [2.45, 2.75) is 33.3 Å². The number of amides is 1. The van der Waals surface area contributed by atoms with Crippen LogP contribution in [0.2, 0.25) is 0 Å². The van der Waals surface area contributed by atoms with E-state index in [0.29, 0.717) is 31.1 Å². The number of nitrogens with zero attached hydrogens (tertiary/aromatic N) is 1. The number of para-hydroxylation sites is 2. The molecule has 0 aliphatic rings. The van der Waals surface area contributed by atoms with Gasteiger partial charge < -0.3 is 15.2 Å². The zero-order valence-electron chi connectivity index (χ0n) is 13.3. The fourth-order valence-electron chi connectivity index (χ4n) is 2.07. The number of rotatable bonds is 8. The van der Waals surface area contributed by atoms with Crippen LogP contribution in [0.3, 0.4) is 0 Å². The lowest BCUT2D eigenvalue weighted by atomic mass is 10.1. The second-order valence-electron chi connectivity index (χ2n) is 5.59. The molecule has 0 aromatic heterocycles. The molecule has 0 aliphatic carbocycles. The number of carbonyl (C=O) groups is 1. The average Bonchev–Trinajstić information content (AvgIpc) is 2.39. The van der Waals surface area contributed by atoms with E-state index in [4.69, 9.17) is 4.74 Å². The fraction of sp³-hybridized carbons (Fsp3) is 0.562. The summed E-state index contributed by atoms with van der Waals surface area (Å²) in [5.41, 5.74) is -0.150. The highest BCUT2D eigenvalue weighted by Crippen LogP contribution is 2.23. The Bertz CT molecular complexity index is 455. The Balaban J connectivity index is 2.64. The van der Waals surface area contributed by atoms with Crippen molar-refractivity contribution in [2.24, 2.45) is 0 Å². The zero-order chi connectivity index (χ0) is 15.9. The minimum absolute atomic E-state index is 0.117. The van der Waals surface area contributed by atoms with E-state index in [9.17, 15) is 9.90 Å². The van der Waals surface area contributed by atoms with E-state index in [1.807, 2.05) is 43.0 Å². The Morgan fingerprint density at radius 2 is 2.00 bits per heavy atom. The van der Waals surface area contributed by atoms with Crippen LogP contribution in [-0.4, -0.2) is 47.8 Å². The number of benzene rings is 1. The van der Waals surface area contributed by atoms with Gasteiger partial charge in [-0.15, -0.1) is 0 Å². The van der Waals surface area contributed by atoms with Crippen LogP contribution < -0.4 is 10.1 Å². The van der Waals surface area contributed by atoms with E-state index in [2.05, 4.69) is 5.32 Å². The van der Waals surface area contributed by atoms with Crippen LogP contribution in [0.1, 0.15) is 27.7 Å². The maximum Gasteiger partial charge on any atom is 0.238 e. The van der Waals surface area contributed by atoms with Crippen LogP contribution in [0.25, 0.3) is 0 Å². The van der Waals surface area contributed by atoms with Crippen LogP contribution >= 0.6 is 0 Å². The van der Waals surface area contributed by atoms with Gasteiger partial charge in [-0.05, 0) is 39.4 Å². The van der Waals surface area contributed by atoms with Gasteiger partial charge in [0, 0.05) is 6.54 Å². The minimum atomic E-state index is -0.820. The molecule has 0 bridgehead atoms. The molecule has 0 atom stereocenters. The van der Waals surface area contributed by atoms with Crippen LogP contribution in [0.15, 0.2) is 24.3 Å². The Morgan fingerprint density at radius 1 is 1.33 bits per heavy atom. The molecule has 0 unspecified atom stereocenters. The van der Waals surface area contributed by atoms with Crippen molar-refractivity contribution >= 4 is 11.6 Å². The van der Waals surface area contributed by atoms with E-state index >= 15 is 0 Å². The molecular weight excluding hydrogens is 268 g/mol. The highest BCUT2D eigenvalue weighted by Gasteiger charge is 2.19. The molecule has 1 aromatic rings. The number of anilines is 1. The van der Waals surface area contributed by atoms with Gasteiger partial charge in [0.05, 0.1) is 24.4 Å². The summed E-state index contributed by atoms with van der Waals surface area (Å²) in [6.45, 7) is 9.27. The van der Waals surface area contributed by atoms with Gasteiger partial charge in [0.25, 0.3) is 0 Å². The minimum Gasteiger partial charge on any atom is -0.492 e. The molecule has 0 fully saturated rings.